The Hall–Kier alpha value is -1.67. The quantitative estimate of drug-likeness (QED) is 0.691. The van der Waals surface area contributed by atoms with Gasteiger partial charge in [0.25, 0.3) is 0 Å². The molecule has 1 aromatic heterocycles. The summed E-state index contributed by atoms with van der Waals surface area (Å²) < 4.78 is 0. The first-order valence-corrected chi connectivity index (χ1v) is 6.45. The van der Waals surface area contributed by atoms with Gasteiger partial charge in [0.2, 0.25) is 0 Å². The fourth-order valence-electron chi connectivity index (χ4n) is 2.17. The Kier molecular flexibility index (Phi) is 2.45. The number of Topliss-reactive ketones (excluding diaryl/α,β-unsaturated/α-hetero) is 1. The summed E-state index contributed by atoms with van der Waals surface area (Å²) in [5.41, 5.74) is 2.93. The highest BCUT2D eigenvalue weighted by atomic mass is 32.1. The molecule has 1 aliphatic rings. The van der Waals surface area contributed by atoms with E-state index in [1.807, 2.05) is 30.3 Å². The lowest BCUT2D eigenvalue weighted by Crippen LogP contribution is -1.94. The number of hydrogen-bond donors (Lipinski definition) is 0. The molecule has 0 radical (unpaired) electrons. The first-order chi connectivity index (χ1) is 8.24. The molecular weight excluding hydrogens is 228 g/mol. The second-order valence-corrected chi connectivity index (χ2v) is 5.60. The molecule has 1 aromatic carbocycles. The van der Waals surface area contributed by atoms with E-state index in [1.165, 1.54) is 9.75 Å². The van der Waals surface area contributed by atoms with Crippen LogP contribution in [0.1, 0.15) is 25.7 Å². The molecule has 1 nitrogen and oxygen atoms in total. The minimum absolute atomic E-state index is 0.187. The first kappa shape index (κ1) is 10.5. The summed E-state index contributed by atoms with van der Waals surface area (Å²) >= 11 is 1.73. The van der Waals surface area contributed by atoms with Gasteiger partial charge in [0.05, 0.1) is 0 Å². The van der Waals surface area contributed by atoms with Crippen molar-refractivity contribution in [1.29, 1.82) is 0 Å². The number of carbonyl (C=O) groups excluding carboxylic acids is 1. The summed E-state index contributed by atoms with van der Waals surface area (Å²) in [5, 5.41) is 0. The van der Waals surface area contributed by atoms with E-state index in [0.717, 1.165) is 23.1 Å². The van der Waals surface area contributed by atoms with Crippen molar-refractivity contribution in [3.63, 3.8) is 0 Å². The lowest BCUT2D eigenvalue weighted by atomic mass is 10.1. The van der Waals surface area contributed by atoms with Gasteiger partial charge in [0.1, 0.15) is 0 Å². The van der Waals surface area contributed by atoms with Gasteiger partial charge in [-0.25, -0.2) is 0 Å². The van der Waals surface area contributed by atoms with Crippen LogP contribution in [0.4, 0.5) is 0 Å². The van der Waals surface area contributed by atoms with Crippen LogP contribution in [-0.4, -0.2) is 5.78 Å². The van der Waals surface area contributed by atoms with Crippen LogP contribution in [0, 0.1) is 6.92 Å². The smallest absolute Gasteiger partial charge is 0.189 e. The van der Waals surface area contributed by atoms with Crippen molar-refractivity contribution in [1.82, 2.24) is 0 Å². The van der Waals surface area contributed by atoms with Gasteiger partial charge in [-0.1, -0.05) is 24.3 Å². The van der Waals surface area contributed by atoms with Crippen LogP contribution >= 0.6 is 11.3 Å². The molecule has 2 heteroatoms. The van der Waals surface area contributed by atoms with E-state index in [0.29, 0.717) is 0 Å². The normalized spacial score (nSPS) is 16.5. The summed E-state index contributed by atoms with van der Waals surface area (Å²) in [6.45, 7) is 2.08. The van der Waals surface area contributed by atoms with E-state index in [1.54, 1.807) is 11.3 Å². The molecule has 0 bridgehead atoms. The number of thiophene rings is 1. The third-order valence-corrected chi connectivity index (χ3v) is 3.96. The molecule has 84 valence electrons. The fourth-order valence-corrected chi connectivity index (χ4v) is 3.02. The molecule has 0 saturated heterocycles. The van der Waals surface area contributed by atoms with Crippen molar-refractivity contribution >= 4 is 23.2 Å². The maximum atomic E-state index is 12.1. The highest BCUT2D eigenvalue weighted by molar-refractivity contribution is 7.12. The third kappa shape index (κ3) is 1.85. The standard InChI is InChI=1S/C15H12OS/c1-10-6-7-13(17-10)9-12-8-11-4-2-3-5-14(11)15(12)16/h2-7,9H,8H2,1H3/b12-9-. The Bertz CT molecular complexity index is 619. The van der Waals surface area contributed by atoms with E-state index in [-0.39, 0.29) is 5.78 Å². The minimum atomic E-state index is 0.187. The zero-order valence-corrected chi connectivity index (χ0v) is 10.4. The molecule has 17 heavy (non-hydrogen) atoms. The Morgan fingerprint density at radius 2 is 2.00 bits per heavy atom. The molecule has 0 spiro atoms. The van der Waals surface area contributed by atoms with Crippen molar-refractivity contribution in [2.45, 2.75) is 13.3 Å². The van der Waals surface area contributed by atoms with Crippen LogP contribution in [0.3, 0.4) is 0 Å². The third-order valence-electron chi connectivity index (χ3n) is 3.01. The Labute approximate surface area is 104 Å². The van der Waals surface area contributed by atoms with E-state index >= 15 is 0 Å². The van der Waals surface area contributed by atoms with E-state index in [9.17, 15) is 4.79 Å². The number of ketones is 1. The number of rotatable bonds is 1. The molecule has 3 rings (SSSR count). The van der Waals surface area contributed by atoms with Gasteiger partial charge < -0.3 is 0 Å². The first-order valence-electron chi connectivity index (χ1n) is 5.63. The van der Waals surface area contributed by atoms with Crippen LogP contribution in [0.5, 0.6) is 0 Å². The van der Waals surface area contributed by atoms with Crippen molar-refractivity contribution in [2.75, 3.05) is 0 Å². The molecule has 0 atom stereocenters. The van der Waals surface area contributed by atoms with E-state index in [4.69, 9.17) is 0 Å². The second kappa shape index (κ2) is 3.97. The molecule has 0 fully saturated rings. The monoisotopic (exact) mass is 240 g/mol. The number of benzene rings is 1. The predicted molar refractivity (Wildman–Crippen MR) is 71.5 cm³/mol. The van der Waals surface area contributed by atoms with Crippen LogP contribution in [0.15, 0.2) is 42.0 Å². The van der Waals surface area contributed by atoms with Crippen LogP contribution < -0.4 is 0 Å². The number of fused-ring (bicyclic) bond motifs is 1. The predicted octanol–water partition coefficient (Wildman–Crippen LogP) is 3.88. The molecule has 0 saturated carbocycles. The van der Waals surface area contributed by atoms with Crippen molar-refractivity contribution in [2.24, 2.45) is 0 Å². The molecular formula is C15H12OS. The highest BCUT2D eigenvalue weighted by Crippen LogP contribution is 2.28. The van der Waals surface area contributed by atoms with Crippen LogP contribution in [0.2, 0.25) is 0 Å². The maximum Gasteiger partial charge on any atom is 0.189 e. The Morgan fingerprint density at radius 3 is 2.71 bits per heavy atom. The topological polar surface area (TPSA) is 17.1 Å². The fraction of sp³-hybridized carbons (Fsp3) is 0.133. The van der Waals surface area contributed by atoms with Crippen molar-refractivity contribution in [3.05, 3.63) is 62.9 Å². The number of carbonyl (C=O) groups is 1. The van der Waals surface area contributed by atoms with Gasteiger partial charge in [-0.3, -0.25) is 4.79 Å². The molecule has 1 aliphatic carbocycles. The number of aryl methyl sites for hydroxylation is 1. The minimum Gasteiger partial charge on any atom is -0.289 e. The summed E-state index contributed by atoms with van der Waals surface area (Å²) in [4.78, 5) is 14.6. The zero-order chi connectivity index (χ0) is 11.8. The number of hydrogen-bond acceptors (Lipinski definition) is 2. The van der Waals surface area contributed by atoms with Crippen molar-refractivity contribution < 1.29 is 4.79 Å². The van der Waals surface area contributed by atoms with Crippen molar-refractivity contribution in [3.8, 4) is 0 Å². The molecule has 0 unspecified atom stereocenters. The average molecular weight is 240 g/mol. The van der Waals surface area contributed by atoms with Gasteiger partial charge in [-0.2, -0.15) is 0 Å². The van der Waals surface area contributed by atoms with Crippen LogP contribution in [0.25, 0.3) is 6.08 Å². The summed E-state index contributed by atoms with van der Waals surface area (Å²) in [6.07, 6.45) is 2.80. The van der Waals surface area contributed by atoms with Gasteiger partial charge in [0.15, 0.2) is 5.78 Å². The Balaban J connectivity index is 1.99. The van der Waals surface area contributed by atoms with Gasteiger partial charge in [0, 0.05) is 27.3 Å². The largest absolute Gasteiger partial charge is 0.289 e. The molecule has 0 amide bonds. The van der Waals surface area contributed by atoms with Gasteiger partial charge in [-0.05, 0) is 30.7 Å². The van der Waals surface area contributed by atoms with Gasteiger partial charge >= 0.3 is 0 Å². The molecule has 2 aromatic rings. The second-order valence-electron chi connectivity index (χ2n) is 4.28. The lowest BCUT2D eigenvalue weighted by Gasteiger charge is -1.92. The summed E-state index contributed by atoms with van der Waals surface area (Å²) in [6, 6.07) is 12.0. The lowest BCUT2D eigenvalue weighted by molar-refractivity contribution is 0.104. The van der Waals surface area contributed by atoms with E-state index < -0.39 is 0 Å². The average Bonchev–Trinajstić information content (AvgIpc) is 2.86. The Morgan fingerprint density at radius 1 is 1.18 bits per heavy atom. The van der Waals surface area contributed by atoms with Crippen LogP contribution in [-0.2, 0) is 6.42 Å². The zero-order valence-electron chi connectivity index (χ0n) is 9.57. The molecule has 0 N–H and O–H groups in total. The summed E-state index contributed by atoms with van der Waals surface area (Å²) in [7, 11) is 0. The number of allylic oxidation sites excluding steroid dienone is 1. The molecule has 0 aliphatic heterocycles. The molecule has 1 heterocycles. The highest BCUT2D eigenvalue weighted by Gasteiger charge is 2.23. The van der Waals surface area contributed by atoms with Gasteiger partial charge in [-0.15, -0.1) is 11.3 Å². The maximum absolute atomic E-state index is 12.1. The SMILES string of the molecule is Cc1ccc(/C=C2/Cc3ccccc3C2=O)s1. The summed E-state index contributed by atoms with van der Waals surface area (Å²) in [5.74, 6) is 0.187. The van der Waals surface area contributed by atoms with E-state index in [2.05, 4.69) is 19.1 Å².